The monoisotopic (exact) mass is 306 g/mol. The number of pyridine rings is 1. The van der Waals surface area contributed by atoms with Crippen LogP contribution in [0.5, 0.6) is 5.75 Å². The van der Waals surface area contributed by atoms with Gasteiger partial charge in [-0.15, -0.1) is 0 Å². The number of amides is 1. The third-order valence-corrected chi connectivity index (χ3v) is 2.92. The molecule has 1 heterocycles. The number of aromatic nitrogens is 1. The molecule has 1 aromatic carbocycles. The molecule has 2 aromatic rings. The Bertz CT molecular complexity index is 813. The number of nitrogens with one attached hydrogen (secondary N) is 1. The second kappa shape index (κ2) is 6.21. The van der Waals surface area contributed by atoms with Crippen LogP contribution in [0.15, 0.2) is 41.3 Å². The van der Waals surface area contributed by atoms with Gasteiger partial charge < -0.3 is 5.11 Å². The van der Waals surface area contributed by atoms with E-state index in [-0.39, 0.29) is 11.3 Å². The van der Waals surface area contributed by atoms with Crippen LogP contribution < -0.4 is 10.9 Å². The number of carbonyl (C=O) groups excluding carboxylic acids is 1. The Morgan fingerprint density at radius 2 is 2.05 bits per heavy atom. The molecule has 2 rings (SSSR count). The molecule has 114 valence electrons. The number of halogens is 2. The molecule has 0 radical (unpaired) electrons. The molecule has 0 aliphatic rings. The number of aromatic hydroxyl groups is 1. The molecule has 2 N–H and O–H groups in total. The summed E-state index contributed by atoms with van der Waals surface area (Å²) in [6.07, 6.45) is 3.51. The lowest BCUT2D eigenvalue weighted by molar-refractivity contribution is -0.112. The van der Waals surface area contributed by atoms with Gasteiger partial charge in [-0.3, -0.25) is 19.7 Å². The van der Waals surface area contributed by atoms with E-state index in [1.165, 1.54) is 25.3 Å². The van der Waals surface area contributed by atoms with Gasteiger partial charge in [0.15, 0.2) is 5.75 Å². The highest BCUT2D eigenvalue weighted by Gasteiger charge is 2.07. The van der Waals surface area contributed by atoms with E-state index in [2.05, 4.69) is 5.43 Å². The van der Waals surface area contributed by atoms with Gasteiger partial charge in [-0.1, -0.05) is 0 Å². The lowest BCUT2D eigenvalue weighted by Crippen LogP contribution is -2.24. The molecule has 0 spiro atoms. The zero-order valence-electron chi connectivity index (χ0n) is 11.5. The third kappa shape index (κ3) is 3.38. The molecule has 1 aromatic heterocycles. The maximum absolute atomic E-state index is 13.4. The fraction of sp³-hybridized carbons (Fsp3) is 0.0667. The first-order chi connectivity index (χ1) is 10.4. The first-order valence-corrected chi connectivity index (χ1v) is 6.24. The standard InChI is InChI=1S/C15H12F2N2O3/c1-9-15(22)13(20)6-7-19(9)18-14(21)5-3-10-2-4-11(16)8-12(10)17/h2-8,22H,1H3,(H,18,21)/b5-3+. The SMILES string of the molecule is Cc1c(O)c(=O)ccn1NC(=O)/C=C/c1ccc(F)cc1F. The summed E-state index contributed by atoms with van der Waals surface area (Å²) in [7, 11) is 0. The maximum atomic E-state index is 13.4. The van der Waals surface area contributed by atoms with Crippen LogP contribution in [0.3, 0.4) is 0 Å². The molecule has 5 nitrogen and oxygen atoms in total. The van der Waals surface area contributed by atoms with Crippen molar-refractivity contribution in [1.82, 2.24) is 4.68 Å². The normalized spacial score (nSPS) is 10.9. The molecule has 0 bridgehead atoms. The highest BCUT2D eigenvalue weighted by molar-refractivity contribution is 5.97. The molecular weight excluding hydrogens is 294 g/mol. The molecule has 1 amide bonds. The third-order valence-electron chi connectivity index (χ3n) is 2.92. The van der Waals surface area contributed by atoms with Crippen molar-refractivity contribution in [3.05, 3.63) is 69.7 Å². The summed E-state index contributed by atoms with van der Waals surface area (Å²) >= 11 is 0. The molecular formula is C15H12F2N2O3. The predicted molar refractivity (Wildman–Crippen MR) is 76.9 cm³/mol. The molecule has 0 fully saturated rings. The summed E-state index contributed by atoms with van der Waals surface area (Å²) in [4.78, 5) is 22.9. The van der Waals surface area contributed by atoms with E-state index in [9.17, 15) is 23.5 Å². The molecule has 0 atom stereocenters. The van der Waals surface area contributed by atoms with Crippen LogP contribution in [-0.4, -0.2) is 15.7 Å². The molecule has 0 unspecified atom stereocenters. The van der Waals surface area contributed by atoms with E-state index in [0.29, 0.717) is 6.07 Å². The van der Waals surface area contributed by atoms with E-state index in [4.69, 9.17) is 0 Å². The number of hydrogen-bond donors (Lipinski definition) is 2. The van der Waals surface area contributed by atoms with Crippen LogP contribution >= 0.6 is 0 Å². The molecule has 7 heteroatoms. The maximum Gasteiger partial charge on any atom is 0.262 e. The lowest BCUT2D eigenvalue weighted by Gasteiger charge is -2.11. The van der Waals surface area contributed by atoms with Gasteiger partial charge in [-0.2, -0.15) is 0 Å². The Labute approximate surface area is 124 Å². The van der Waals surface area contributed by atoms with Crippen molar-refractivity contribution in [2.45, 2.75) is 6.92 Å². The van der Waals surface area contributed by atoms with Crippen LogP contribution in [0.1, 0.15) is 11.3 Å². The number of carbonyl (C=O) groups is 1. The average Bonchev–Trinajstić information content (AvgIpc) is 2.47. The van der Waals surface area contributed by atoms with Crippen molar-refractivity contribution in [1.29, 1.82) is 0 Å². The molecule has 0 saturated heterocycles. The summed E-state index contributed by atoms with van der Waals surface area (Å²) in [5.41, 5.74) is 2.02. The van der Waals surface area contributed by atoms with Gasteiger partial charge >= 0.3 is 0 Å². The van der Waals surface area contributed by atoms with E-state index < -0.39 is 28.7 Å². The van der Waals surface area contributed by atoms with Gasteiger partial charge in [-0.25, -0.2) is 8.78 Å². The minimum absolute atomic E-state index is 0.0519. The molecule has 0 saturated carbocycles. The fourth-order valence-corrected chi connectivity index (χ4v) is 1.70. The number of benzene rings is 1. The van der Waals surface area contributed by atoms with Crippen LogP contribution in [0.2, 0.25) is 0 Å². The van der Waals surface area contributed by atoms with Crippen LogP contribution in [0.25, 0.3) is 6.08 Å². The lowest BCUT2D eigenvalue weighted by atomic mass is 10.2. The summed E-state index contributed by atoms with van der Waals surface area (Å²) in [5, 5.41) is 9.48. The van der Waals surface area contributed by atoms with Crippen molar-refractivity contribution in [2.75, 3.05) is 5.43 Å². The fourth-order valence-electron chi connectivity index (χ4n) is 1.70. The summed E-state index contributed by atoms with van der Waals surface area (Å²) < 4.78 is 27.3. The van der Waals surface area contributed by atoms with Crippen molar-refractivity contribution < 1.29 is 18.7 Å². The van der Waals surface area contributed by atoms with Crippen molar-refractivity contribution in [2.24, 2.45) is 0 Å². The Morgan fingerprint density at radius 3 is 2.73 bits per heavy atom. The first-order valence-electron chi connectivity index (χ1n) is 6.24. The van der Waals surface area contributed by atoms with E-state index in [0.717, 1.165) is 22.9 Å². The first kappa shape index (κ1) is 15.4. The minimum Gasteiger partial charge on any atom is -0.503 e. The van der Waals surface area contributed by atoms with Crippen molar-refractivity contribution in [3.63, 3.8) is 0 Å². The van der Waals surface area contributed by atoms with Gasteiger partial charge in [0.1, 0.15) is 11.6 Å². The Hall–Kier alpha value is -2.96. The second-order valence-corrected chi connectivity index (χ2v) is 4.46. The van der Waals surface area contributed by atoms with Gasteiger partial charge in [-0.05, 0) is 25.1 Å². The Kier molecular flexibility index (Phi) is 4.36. The summed E-state index contributed by atoms with van der Waals surface area (Å²) in [6, 6.07) is 4.07. The highest BCUT2D eigenvalue weighted by Crippen LogP contribution is 2.11. The van der Waals surface area contributed by atoms with Gasteiger partial charge in [0.2, 0.25) is 5.43 Å². The zero-order chi connectivity index (χ0) is 16.3. The smallest absolute Gasteiger partial charge is 0.262 e. The van der Waals surface area contributed by atoms with E-state index >= 15 is 0 Å². The quantitative estimate of drug-likeness (QED) is 0.851. The minimum atomic E-state index is -0.791. The summed E-state index contributed by atoms with van der Waals surface area (Å²) in [5.74, 6) is -2.59. The highest BCUT2D eigenvalue weighted by atomic mass is 19.1. The Morgan fingerprint density at radius 1 is 1.32 bits per heavy atom. The van der Waals surface area contributed by atoms with Crippen molar-refractivity contribution in [3.8, 4) is 5.75 Å². The second-order valence-electron chi connectivity index (χ2n) is 4.46. The van der Waals surface area contributed by atoms with Crippen molar-refractivity contribution >= 4 is 12.0 Å². The number of hydrogen-bond acceptors (Lipinski definition) is 3. The van der Waals surface area contributed by atoms with Gasteiger partial charge in [0.25, 0.3) is 5.91 Å². The summed E-state index contributed by atoms with van der Waals surface area (Å²) in [6.45, 7) is 1.44. The average molecular weight is 306 g/mol. The number of nitrogens with zero attached hydrogens (tertiary/aromatic N) is 1. The van der Waals surface area contributed by atoms with Gasteiger partial charge in [0.05, 0.1) is 5.69 Å². The predicted octanol–water partition coefficient (Wildman–Crippen LogP) is 1.92. The largest absolute Gasteiger partial charge is 0.503 e. The van der Waals surface area contributed by atoms with E-state index in [1.54, 1.807) is 0 Å². The van der Waals surface area contributed by atoms with Gasteiger partial charge in [0, 0.05) is 30.0 Å². The molecule has 0 aliphatic heterocycles. The van der Waals surface area contributed by atoms with E-state index in [1.807, 2.05) is 0 Å². The molecule has 0 aliphatic carbocycles. The topological polar surface area (TPSA) is 71.3 Å². The Balaban J connectivity index is 2.15. The van der Waals surface area contributed by atoms with Crippen LogP contribution in [0, 0.1) is 18.6 Å². The zero-order valence-corrected chi connectivity index (χ0v) is 11.5. The molecule has 22 heavy (non-hydrogen) atoms. The van der Waals surface area contributed by atoms with Crippen LogP contribution in [0.4, 0.5) is 8.78 Å². The number of rotatable bonds is 3. The van der Waals surface area contributed by atoms with Crippen LogP contribution in [-0.2, 0) is 4.79 Å².